The molecule has 5 unspecified atom stereocenters. The van der Waals surface area contributed by atoms with E-state index in [1.165, 1.54) is 11.1 Å². The van der Waals surface area contributed by atoms with Crippen LogP contribution >= 0.6 is 0 Å². The highest BCUT2D eigenvalue weighted by Gasteiger charge is 2.77. The molecule has 0 aromatic carbocycles. The lowest BCUT2D eigenvalue weighted by molar-refractivity contribution is -0.171. The number of hydrogen-bond acceptors (Lipinski definition) is 4. The molecular formula is C19H28O4. The van der Waals surface area contributed by atoms with Gasteiger partial charge in [-0.15, -0.1) is 0 Å². The van der Waals surface area contributed by atoms with Gasteiger partial charge >= 0.3 is 0 Å². The Morgan fingerprint density at radius 3 is 2.61 bits per heavy atom. The average molecular weight is 320 g/mol. The van der Waals surface area contributed by atoms with Crippen molar-refractivity contribution < 1.29 is 20.1 Å². The fourth-order valence-corrected chi connectivity index (χ4v) is 6.65. The first-order valence-electron chi connectivity index (χ1n) is 9.03. The molecule has 0 aromatic rings. The van der Waals surface area contributed by atoms with E-state index in [0.29, 0.717) is 25.2 Å². The predicted molar refractivity (Wildman–Crippen MR) is 85.7 cm³/mol. The Balaban J connectivity index is 1.87. The van der Waals surface area contributed by atoms with Crippen molar-refractivity contribution in [3.05, 3.63) is 11.1 Å². The molecule has 1 spiro atoms. The van der Waals surface area contributed by atoms with Gasteiger partial charge in [-0.2, -0.15) is 0 Å². The predicted octanol–water partition coefficient (Wildman–Crippen LogP) is 2.11. The molecule has 0 radical (unpaired) electrons. The molecular weight excluding hydrogens is 292 g/mol. The summed E-state index contributed by atoms with van der Waals surface area (Å²) in [5.41, 5.74) is -1.30. The molecule has 0 aliphatic heterocycles. The largest absolute Gasteiger partial charge is 0.393 e. The van der Waals surface area contributed by atoms with Gasteiger partial charge in [0.1, 0.15) is 5.60 Å². The van der Waals surface area contributed by atoms with Crippen LogP contribution in [0.4, 0.5) is 0 Å². The van der Waals surface area contributed by atoms with Crippen molar-refractivity contribution in [1.29, 1.82) is 0 Å². The fraction of sp³-hybridized carbons (Fsp3) is 0.842. The minimum atomic E-state index is -1.98. The van der Waals surface area contributed by atoms with Gasteiger partial charge in [-0.25, -0.2) is 0 Å². The SMILES string of the molecule is CC1=C2CCC34CC(O)(CCC3(C)C2CCC1)C(O)(CO)C4=O. The zero-order valence-electron chi connectivity index (χ0n) is 14.2. The van der Waals surface area contributed by atoms with Crippen LogP contribution in [0.1, 0.15) is 65.2 Å². The molecule has 2 bridgehead atoms. The second-order valence-electron chi connectivity index (χ2n) is 8.81. The number of aliphatic hydroxyl groups is 3. The van der Waals surface area contributed by atoms with E-state index in [2.05, 4.69) is 13.8 Å². The lowest BCUT2D eigenvalue weighted by atomic mass is 9.44. The molecule has 4 aliphatic rings. The van der Waals surface area contributed by atoms with Crippen LogP contribution in [-0.2, 0) is 4.79 Å². The van der Waals surface area contributed by atoms with E-state index >= 15 is 0 Å². The summed E-state index contributed by atoms with van der Waals surface area (Å²) < 4.78 is 0. The van der Waals surface area contributed by atoms with Crippen LogP contribution in [0.15, 0.2) is 11.1 Å². The second-order valence-corrected chi connectivity index (χ2v) is 8.81. The van der Waals surface area contributed by atoms with E-state index in [1.807, 2.05) is 0 Å². The first-order chi connectivity index (χ1) is 10.7. The summed E-state index contributed by atoms with van der Waals surface area (Å²) in [5.74, 6) is 0.0943. The zero-order valence-corrected chi connectivity index (χ0v) is 14.2. The topological polar surface area (TPSA) is 77.8 Å². The summed E-state index contributed by atoms with van der Waals surface area (Å²) in [6, 6.07) is 0. The van der Waals surface area contributed by atoms with Crippen LogP contribution in [0.25, 0.3) is 0 Å². The maximum atomic E-state index is 13.3. The summed E-state index contributed by atoms with van der Waals surface area (Å²) in [7, 11) is 0. The smallest absolute Gasteiger partial charge is 0.176 e. The zero-order chi connectivity index (χ0) is 16.7. The third-order valence-corrected chi connectivity index (χ3v) is 8.16. The quantitative estimate of drug-likeness (QED) is 0.647. The number of aliphatic hydroxyl groups excluding tert-OH is 1. The number of fused-ring (bicyclic) bond motifs is 3. The monoisotopic (exact) mass is 320 g/mol. The number of carbonyl (C=O) groups is 1. The van der Waals surface area contributed by atoms with Crippen molar-refractivity contribution in [1.82, 2.24) is 0 Å². The van der Waals surface area contributed by atoms with E-state index in [4.69, 9.17) is 0 Å². The number of carbonyl (C=O) groups excluding carboxylic acids is 1. The highest BCUT2D eigenvalue weighted by Crippen LogP contribution is 2.72. The van der Waals surface area contributed by atoms with E-state index in [9.17, 15) is 20.1 Å². The van der Waals surface area contributed by atoms with Gasteiger partial charge in [-0.05, 0) is 69.6 Å². The molecule has 4 rings (SSSR count). The molecule has 23 heavy (non-hydrogen) atoms. The van der Waals surface area contributed by atoms with Crippen LogP contribution in [0.2, 0.25) is 0 Å². The number of allylic oxidation sites excluding steroid dienone is 2. The summed E-state index contributed by atoms with van der Waals surface area (Å²) >= 11 is 0. The van der Waals surface area contributed by atoms with Crippen molar-refractivity contribution in [3.8, 4) is 0 Å². The van der Waals surface area contributed by atoms with Gasteiger partial charge in [-0.1, -0.05) is 18.1 Å². The second kappa shape index (κ2) is 4.47. The van der Waals surface area contributed by atoms with Crippen LogP contribution in [0.5, 0.6) is 0 Å². The molecule has 5 atom stereocenters. The van der Waals surface area contributed by atoms with Crippen LogP contribution in [0.3, 0.4) is 0 Å². The Morgan fingerprint density at radius 1 is 1.17 bits per heavy atom. The van der Waals surface area contributed by atoms with E-state index < -0.39 is 23.2 Å². The maximum Gasteiger partial charge on any atom is 0.176 e. The molecule has 4 heteroatoms. The summed E-state index contributed by atoms with van der Waals surface area (Å²) in [6.45, 7) is 3.76. The number of rotatable bonds is 1. The Hall–Kier alpha value is -0.710. The third kappa shape index (κ3) is 1.56. The Morgan fingerprint density at radius 2 is 1.91 bits per heavy atom. The molecule has 3 N–H and O–H groups in total. The van der Waals surface area contributed by atoms with Gasteiger partial charge in [0.25, 0.3) is 0 Å². The molecule has 4 aliphatic carbocycles. The lowest BCUT2D eigenvalue weighted by Crippen LogP contribution is -2.56. The van der Waals surface area contributed by atoms with E-state index in [1.54, 1.807) is 0 Å². The van der Waals surface area contributed by atoms with Gasteiger partial charge in [0.15, 0.2) is 11.4 Å². The first-order valence-corrected chi connectivity index (χ1v) is 9.03. The molecule has 0 amide bonds. The molecule has 0 aromatic heterocycles. The number of Topliss-reactive ketones (excluding diaryl/α,β-unsaturated/α-hetero) is 1. The standard InChI is InChI=1S/C19H28O4/c1-12-4-3-5-14-13(12)6-7-17-10-18(22,9-8-16(14,17)2)19(23,11-20)15(17)21/h14,20,22-23H,3-11H2,1-2H3. The Kier molecular flexibility index (Phi) is 3.07. The summed E-state index contributed by atoms with van der Waals surface area (Å²) in [5, 5.41) is 31.5. The van der Waals surface area contributed by atoms with Gasteiger partial charge in [0, 0.05) is 5.41 Å². The number of hydrogen-bond donors (Lipinski definition) is 3. The van der Waals surface area contributed by atoms with Crippen molar-refractivity contribution in [2.75, 3.05) is 6.61 Å². The van der Waals surface area contributed by atoms with E-state index in [0.717, 1.165) is 32.1 Å². The Bertz CT molecular complexity index is 610. The van der Waals surface area contributed by atoms with Crippen molar-refractivity contribution in [2.24, 2.45) is 16.7 Å². The first kappa shape index (κ1) is 15.8. The molecule has 4 nitrogen and oxygen atoms in total. The third-order valence-electron chi connectivity index (χ3n) is 8.16. The lowest BCUT2D eigenvalue weighted by Gasteiger charge is -2.59. The van der Waals surface area contributed by atoms with Gasteiger partial charge in [0.05, 0.1) is 6.61 Å². The van der Waals surface area contributed by atoms with Crippen LogP contribution < -0.4 is 0 Å². The normalized spacial score (nSPS) is 52.4. The summed E-state index contributed by atoms with van der Waals surface area (Å²) in [4.78, 5) is 13.3. The van der Waals surface area contributed by atoms with Gasteiger partial charge < -0.3 is 15.3 Å². The van der Waals surface area contributed by atoms with Crippen molar-refractivity contribution in [2.45, 2.75) is 76.4 Å². The van der Waals surface area contributed by atoms with Gasteiger partial charge in [-0.3, -0.25) is 4.79 Å². The number of ketones is 1. The highest BCUT2D eigenvalue weighted by molar-refractivity contribution is 5.98. The molecule has 0 saturated heterocycles. The minimum Gasteiger partial charge on any atom is -0.393 e. The molecule has 3 fully saturated rings. The molecule has 0 heterocycles. The van der Waals surface area contributed by atoms with Crippen molar-refractivity contribution >= 4 is 5.78 Å². The average Bonchev–Trinajstić information content (AvgIpc) is 2.68. The highest BCUT2D eigenvalue weighted by atomic mass is 16.4. The summed E-state index contributed by atoms with van der Waals surface area (Å²) in [6.07, 6.45) is 6.49. The van der Waals surface area contributed by atoms with Crippen LogP contribution in [-0.4, -0.2) is 38.9 Å². The Labute approximate surface area is 137 Å². The van der Waals surface area contributed by atoms with Crippen LogP contribution in [0, 0.1) is 16.7 Å². The molecule has 3 saturated carbocycles. The minimum absolute atomic E-state index is 0.203. The van der Waals surface area contributed by atoms with Crippen molar-refractivity contribution in [3.63, 3.8) is 0 Å². The fourth-order valence-electron chi connectivity index (χ4n) is 6.65. The maximum absolute atomic E-state index is 13.3. The molecule has 128 valence electrons. The van der Waals surface area contributed by atoms with E-state index in [-0.39, 0.29) is 11.2 Å². The van der Waals surface area contributed by atoms with Gasteiger partial charge in [0.2, 0.25) is 0 Å².